The number of nitrogens with zero attached hydrogens (tertiary/aromatic N) is 6. The molecule has 0 saturated heterocycles. The van der Waals surface area contributed by atoms with Crippen LogP contribution in [0.4, 0.5) is 0 Å². The highest BCUT2D eigenvalue weighted by Gasteiger charge is 2.25. The second-order valence-corrected chi connectivity index (χ2v) is 31.0. The van der Waals surface area contributed by atoms with Crippen molar-refractivity contribution in [2.45, 2.75) is 0 Å². The van der Waals surface area contributed by atoms with E-state index in [0.29, 0.717) is 0 Å². The molecule has 0 aliphatic carbocycles. The van der Waals surface area contributed by atoms with Gasteiger partial charge in [-0.3, -0.25) is 0 Å². The summed E-state index contributed by atoms with van der Waals surface area (Å²) in [6.07, 6.45) is 2.15. The normalized spacial score (nSPS) is 11.6. The smallest absolute Gasteiger partial charge is 0.336 e. The van der Waals surface area contributed by atoms with Gasteiger partial charge in [-0.25, -0.2) is 19.9 Å². The van der Waals surface area contributed by atoms with Gasteiger partial charge in [0.2, 0.25) is 0 Å². The van der Waals surface area contributed by atoms with Gasteiger partial charge in [0.15, 0.2) is 16.9 Å². The van der Waals surface area contributed by atoms with Crippen molar-refractivity contribution in [3.8, 4) is 112 Å². The van der Waals surface area contributed by atoms with Crippen molar-refractivity contribution in [3.05, 3.63) is 431 Å². The molecule has 25 rings (SSSR count). The molecule has 9 heteroatoms. The summed E-state index contributed by atoms with van der Waals surface area (Å²) in [5.74, 6) is 1.66. The minimum absolute atomic E-state index is 0.727. The van der Waals surface area contributed by atoms with Crippen LogP contribution in [0.3, 0.4) is 0 Å². The first-order valence-electron chi connectivity index (χ1n) is 41.4. The second kappa shape index (κ2) is 30.4. The average Bonchev–Trinajstić information content (AvgIpc) is 1.72. The van der Waals surface area contributed by atoms with Gasteiger partial charge in [0.1, 0.15) is 33.5 Å². The molecule has 0 saturated carbocycles. The first-order valence-corrected chi connectivity index (χ1v) is 41.4. The third-order valence-electron chi connectivity index (χ3n) is 23.7. The Morgan fingerprint density at radius 1 is 0.187 bits per heavy atom. The number of rotatable bonds is 10. The van der Waals surface area contributed by atoms with Crippen LogP contribution in [0.2, 0.25) is 0 Å². The van der Waals surface area contributed by atoms with Gasteiger partial charge < -0.3 is 13.3 Å². The van der Waals surface area contributed by atoms with Crippen LogP contribution in [0.15, 0.2) is 444 Å². The highest BCUT2D eigenvalue weighted by molar-refractivity contribution is 6.18. The van der Waals surface area contributed by atoms with Gasteiger partial charge in [-0.1, -0.05) is 328 Å². The molecule has 7 aromatic heterocycles. The van der Waals surface area contributed by atoms with Crippen LogP contribution in [0, 0.1) is 0 Å². The maximum Gasteiger partial charge on any atom is 0.336 e. The molecule has 0 aliphatic heterocycles. The van der Waals surface area contributed by atoms with E-state index in [1.165, 1.54) is 49.5 Å². The fraction of sp³-hybridized carbons (Fsp3) is 0. The van der Waals surface area contributed by atoms with Crippen LogP contribution in [0.1, 0.15) is 0 Å². The van der Waals surface area contributed by atoms with Gasteiger partial charge in [-0.15, -0.1) is 0 Å². The molecule has 0 atom stereocenters. The lowest BCUT2D eigenvalue weighted by Gasteiger charge is -2.15. The van der Waals surface area contributed by atoms with Crippen molar-refractivity contribution in [1.82, 2.24) is 24.9 Å². The van der Waals surface area contributed by atoms with Gasteiger partial charge in [-0.2, -0.15) is 4.40 Å². The Labute approximate surface area is 706 Å². The summed E-state index contributed by atoms with van der Waals surface area (Å²) < 4.78 is 20.7. The minimum Gasteiger partial charge on any atom is -0.456 e. The maximum absolute atomic E-state index is 6.21. The summed E-state index contributed by atoms with van der Waals surface area (Å²) in [6, 6.07) is 148. The van der Waals surface area contributed by atoms with E-state index in [0.717, 1.165) is 188 Å². The third kappa shape index (κ3) is 12.9. The number of fused-ring (bicyclic) bond motifs is 17. The van der Waals surface area contributed by atoms with Crippen molar-refractivity contribution >= 4 is 126 Å². The van der Waals surface area contributed by atoms with Crippen LogP contribution in [0.25, 0.3) is 238 Å². The maximum atomic E-state index is 6.21. The molecule has 0 spiro atoms. The van der Waals surface area contributed by atoms with Crippen molar-refractivity contribution < 1.29 is 17.7 Å². The van der Waals surface area contributed by atoms with E-state index in [2.05, 4.69) is 296 Å². The number of benzene rings is 18. The lowest BCUT2D eigenvalue weighted by molar-refractivity contribution is -0.500. The number of hydrogen-bond donors (Lipinski definition) is 0. The number of pyridine rings is 1. The largest absolute Gasteiger partial charge is 0.456 e. The van der Waals surface area contributed by atoms with Crippen molar-refractivity contribution in [3.63, 3.8) is 0 Å². The standard InChI is InChI=1S/C40H25N2O.C38H24N2O.C36H22N2O/c1-2-10-29(11-3-1)40-41-35-22-21-30(25-34(35)39-32-12-5-4-9-27(32)23-24-42(39)40)26-17-19-28(20-18-26)31-14-8-16-37-38(31)33-13-6-7-15-36(33)43-37;1-3-10-27(11-4-1)37-31-23-22-29(24-33(31)39-38(40-37)28-12-5-2-6-13-28)25-18-20-26(21-19-25)30-15-9-17-35-36(30)32-14-7-8-16-34(32)41-35;1-2-11-23(12-3-1)35-36(38-31-18-8-7-17-30(31)37-35)28-22-21-26(24-13-4-5-14-25(24)28)27-16-10-20-33-34(27)29-15-6-9-19-32(29)39-33/h1-25H;1-24H;1-22H/q+1;;. The summed E-state index contributed by atoms with van der Waals surface area (Å²) in [5, 5.41) is 13.8. The lowest BCUT2D eigenvalue weighted by Crippen LogP contribution is -2.26. The highest BCUT2D eigenvalue weighted by Crippen LogP contribution is 2.46. The van der Waals surface area contributed by atoms with Crippen molar-refractivity contribution in [2.24, 2.45) is 0 Å². The molecule has 0 fully saturated rings. The quantitative estimate of drug-likeness (QED) is 0.0984. The molecular weight excluding hydrogens is 1500 g/mol. The molecule has 574 valence electrons. The Morgan fingerprint density at radius 2 is 0.602 bits per heavy atom. The van der Waals surface area contributed by atoms with Gasteiger partial charge >= 0.3 is 5.82 Å². The van der Waals surface area contributed by atoms with E-state index in [4.69, 9.17) is 38.2 Å². The first-order chi connectivity index (χ1) is 61.0. The first kappa shape index (κ1) is 71.7. The molecule has 0 amide bonds. The summed E-state index contributed by atoms with van der Waals surface area (Å²) in [7, 11) is 0. The van der Waals surface area contributed by atoms with E-state index in [1.807, 2.05) is 140 Å². The highest BCUT2D eigenvalue weighted by atomic mass is 16.3. The molecule has 0 radical (unpaired) electrons. The van der Waals surface area contributed by atoms with E-state index < -0.39 is 0 Å². The molecule has 0 unspecified atom stereocenters. The SMILES string of the molecule is c1ccc(-c2nc(-c3ccccc3)c3ccc(-c4ccc(-c5cccc6oc7ccccc7c56)cc4)cc3n2)cc1.c1ccc(-c2nc3ccc(-c4ccc(-c5cccc6oc7ccccc7c56)cc4)cc3c3c4ccccc4cc[n+]23)cc1.c1ccc(-c2nc3ccccc3nc2-c2ccc(-c3cccc4oc5ccccc5c34)c3ccccc23)cc1. The van der Waals surface area contributed by atoms with Crippen molar-refractivity contribution in [2.75, 3.05) is 0 Å². The average molecular weight is 1570 g/mol. The van der Waals surface area contributed by atoms with E-state index in [-0.39, 0.29) is 0 Å². The van der Waals surface area contributed by atoms with Crippen LogP contribution >= 0.6 is 0 Å². The molecular formula is C114H71N6O3+. The molecule has 25 aromatic rings. The van der Waals surface area contributed by atoms with E-state index in [1.54, 1.807) is 0 Å². The molecule has 0 bridgehead atoms. The molecule has 0 N–H and O–H groups in total. The zero-order chi connectivity index (χ0) is 81.3. The molecule has 9 nitrogen and oxygen atoms in total. The molecule has 7 heterocycles. The van der Waals surface area contributed by atoms with Gasteiger partial charge in [-0.05, 0) is 174 Å². The number of aromatic nitrogens is 6. The Morgan fingerprint density at radius 3 is 1.17 bits per heavy atom. The third-order valence-corrected chi connectivity index (χ3v) is 23.7. The van der Waals surface area contributed by atoms with Crippen molar-refractivity contribution in [1.29, 1.82) is 0 Å². The summed E-state index contributed by atoms with van der Waals surface area (Å²) in [4.78, 5) is 25.5. The van der Waals surface area contributed by atoms with E-state index in [9.17, 15) is 0 Å². The summed E-state index contributed by atoms with van der Waals surface area (Å²) in [6.45, 7) is 0. The van der Waals surface area contributed by atoms with E-state index >= 15 is 0 Å². The van der Waals surface area contributed by atoms with Crippen LogP contribution in [-0.4, -0.2) is 24.9 Å². The zero-order valence-electron chi connectivity index (χ0n) is 66.4. The fourth-order valence-electron chi connectivity index (χ4n) is 17.9. The van der Waals surface area contributed by atoms with Crippen LogP contribution < -0.4 is 4.40 Å². The Kier molecular flexibility index (Phi) is 17.7. The number of para-hydroxylation sites is 5. The fourth-order valence-corrected chi connectivity index (χ4v) is 17.9. The number of hydrogen-bond acceptors (Lipinski definition) is 8. The van der Waals surface area contributed by atoms with Gasteiger partial charge in [0, 0.05) is 65.3 Å². The summed E-state index contributed by atoms with van der Waals surface area (Å²) in [5.41, 5.74) is 29.9. The zero-order valence-corrected chi connectivity index (χ0v) is 66.4. The Hall–Kier alpha value is -16.6. The topological polar surface area (TPSA) is 108 Å². The Bertz CT molecular complexity index is 8420. The predicted octanol–water partition coefficient (Wildman–Crippen LogP) is 29.9. The van der Waals surface area contributed by atoms with Gasteiger partial charge in [0.25, 0.3) is 0 Å². The summed E-state index contributed by atoms with van der Waals surface area (Å²) >= 11 is 0. The second-order valence-electron chi connectivity index (χ2n) is 31.0. The number of furan rings is 3. The minimum atomic E-state index is 0.727. The lowest BCUT2D eigenvalue weighted by atomic mass is 9.90. The van der Waals surface area contributed by atoms with Crippen LogP contribution in [0.5, 0.6) is 0 Å². The Balaban J connectivity index is 0.000000107. The molecule has 123 heavy (non-hydrogen) atoms. The molecule has 18 aromatic carbocycles. The van der Waals surface area contributed by atoms with Crippen LogP contribution in [-0.2, 0) is 0 Å². The predicted molar refractivity (Wildman–Crippen MR) is 505 cm³/mol. The van der Waals surface area contributed by atoms with Gasteiger partial charge in [0.05, 0.1) is 50.8 Å². The monoisotopic (exact) mass is 1570 g/mol. The molecule has 0 aliphatic rings.